The highest BCUT2D eigenvalue weighted by atomic mass is 15.3. The van der Waals surface area contributed by atoms with Crippen LogP contribution in [0, 0.1) is 0 Å². The first kappa shape index (κ1) is 11.6. The second-order valence-electron chi connectivity index (χ2n) is 3.49. The molecule has 5 heteroatoms. The lowest BCUT2D eigenvalue weighted by molar-refractivity contribution is 0.613. The molecule has 0 aromatic carbocycles. The van der Waals surface area contributed by atoms with E-state index >= 15 is 0 Å². The van der Waals surface area contributed by atoms with Crippen molar-refractivity contribution in [1.82, 2.24) is 15.1 Å². The van der Waals surface area contributed by atoms with E-state index in [9.17, 15) is 0 Å². The zero-order chi connectivity index (χ0) is 11.1. The van der Waals surface area contributed by atoms with Crippen molar-refractivity contribution in [1.29, 1.82) is 0 Å². The highest BCUT2D eigenvalue weighted by Gasteiger charge is 1.98. The van der Waals surface area contributed by atoms with Crippen LogP contribution in [0.25, 0.3) is 0 Å². The number of rotatable bonds is 5. The molecular formula is C10H19N5. The van der Waals surface area contributed by atoms with Crippen molar-refractivity contribution < 1.29 is 0 Å². The molecule has 0 saturated carbocycles. The molecular weight excluding hydrogens is 190 g/mol. The summed E-state index contributed by atoms with van der Waals surface area (Å²) in [7, 11) is 0. The molecule has 0 bridgehead atoms. The largest absolute Gasteiger partial charge is 0.370 e. The average Bonchev–Trinajstić information content (AvgIpc) is 2.70. The lowest BCUT2D eigenvalue weighted by atomic mass is 10.3. The summed E-state index contributed by atoms with van der Waals surface area (Å²) in [5, 5.41) is 7.18. The molecule has 3 N–H and O–H groups in total. The van der Waals surface area contributed by atoms with Gasteiger partial charge in [-0.05, 0) is 19.4 Å². The summed E-state index contributed by atoms with van der Waals surface area (Å²) in [6, 6.07) is 2.27. The molecule has 0 aliphatic rings. The quantitative estimate of drug-likeness (QED) is 0.551. The Bertz CT molecular complexity index is 291. The summed E-state index contributed by atoms with van der Waals surface area (Å²) < 4.78 is 1.83. The molecule has 0 amide bonds. The highest BCUT2D eigenvalue weighted by Crippen LogP contribution is 1.87. The molecule has 0 saturated heterocycles. The molecule has 1 unspecified atom stereocenters. The van der Waals surface area contributed by atoms with E-state index in [0.29, 0.717) is 18.5 Å². The average molecular weight is 209 g/mol. The Morgan fingerprint density at radius 3 is 3.07 bits per heavy atom. The summed E-state index contributed by atoms with van der Waals surface area (Å²) in [6.45, 7) is 5.59. The third kappa shape index (κ3) is 4.49. The molecule has 0 spiro atoms. The predicted octanol–water partition coefficient (Wildman–Crippen LogP) is 0.586. The van der Waals surface area contributed by atoms with Crippen LogP contribution in [0.5, 0.6) is 0 Å². The van der Waals surface area contributed by atoms with Crippen molar-refractivity contribution in [3.63, 3.8) is 0 Å². The Morgan fingerprint density at radius 1 is 1.67 bits per heavy atom. The number of nitrogens with one attached hydrogen (secondary N) is 1. The van der Waals surface area contributed by atoms with Crippen LogP contribution in [0.15, 0.2) is 23.5 Å². The fourth-order valence-corrected chi connectivity index (χ4v) is 1.11. The number of guanidine groups is 1. The minimum atomic E-state index is 0.374. The van der Waals surface area contributed by atoms with E-state index in [2.05, 4.69) is 29.3 Å². The van der Waals surface area contributed by atoms with E-state index in [4.69, 9.17) is 5.73 Å². The van der Waals surface area contributed by atoms with Crippen molar-refractivity contribution in [2.24, 2.45) is 10.7 Å². The maximum Gasteiger partial charge on any atom is 0.188 e. The van der Waals surface area contributed by atoms with Gasteiger partial charge in [-0.2, -0.15) is 5.10 Å². The second-order valence-corrected chi connectivity index (χ2v) is 3.49. The van der Waals surface area contributed by atoms with Gasteiger partial charge in [-0.25, -0.2) is 0 Å². The van der Waals surface area contributed by atoms with E-state index < -0.39 is 0 Å². The van der Waals surface area contributed by atoms with Gasteiger partial charge in [-0.15, -0.1) is 0 Å². The van der Waals surface area contributed by atoms with Crippen LogP contribution in [-0.2, 0) is 6.54 Å². The summed E-state index contributed by atoms with van der Waals surface area (Å²) in [5.74, 6) is 0.511. The molecule has 1 rings (SSSR count). The standard InChI is InChI=1S/C10H19N5/c1-3-9(2)14-10(11)12-6-8-15-7-4-5-13-15/h4-5,7,9H,3,6,8H2,1-2H3,(H3,11,12,14). The van der Waals surface area contributed by atoms with Crippen molar-refractivity contribution in [2.45, 2.75) is 32.9 Å². The molecule has 1 aromatic heterocycles. The van der Waals surface area contributed by atoms with Gasteiger partial charge in [-0.1, -0.05) is 6.92 Å². The fourth-order valence-electron chi connectivity index (χ4n) is 1.11. The molecule has 0 aliphatic carbocycles. The number of hydrogen-bond acceptors (Lipinski definition) is 2. The summed E-state index contributed by atoms with van der Waals surface area (Å²) >= 11 is 0. The minimum absolute atomic E-state index is 0.374. The Morgan fingerprint density at radius 2 is 2.47 bits per heavy atom. The van der Waals surface area contributed by atoms with Crippen LogP contribution in [0.4, 0.5) is 0 Å². The summed E-state index contributed by atoms with van der Waals surface area (Å²) in [4.78, 5) is 4.21. The number of hydrogen-bond donors (Lipinski definition) is 2. The van der Waals surface area contributed by atoms with Crippen molar-refractivity contribution in [3.8, 4) is 0 Å². The molecule has 0 radical (unpaired) electrons. The topological polar surface area (TPSA) is 68.2 Å². The van der Waals surface area contributed by atoms with Gasteiger partial charge in [0.05, 0.1) is 13.1 Å². The van der Waals surface area contributed by atoms with Crippen LogP contribution >= 0.6 is 0 Å². The first-order valence-electron chi connectivity index (χ1n) is 5.26. The van der Waals surface area contributed by atoms with E-state index in [1.54, 1.807) is 6.20 Å². The molecule has 0 aliphatic heterocycles. The molecule has 5 nitrogen and oxygen atoms in total. The highest BCUT2D eigenvalue weighted by molar-refractivity contribution is 5.78. The SMILES string of the molecule is CCC(C)NC(N)=NCCn1cccn1. The van der Waals surface area contributed by atoms with E-state index in [0.717, 1.165) is 13.0 Å². The van der Waals surface area contributed by atoms with Gasteiger partial charge in [0.25, 0.3) is 0 Å². The van der Waals surface area contributed by atoms with E-state index in [-0.39, 0.29) is 0 Å². The van der Waals surface area contributed by atoms with Gasteiger partial charge in [0.15, 0.2) is 5.96 Å². The van der Waals surface area contributed by atoms with E-state index in [1.165, 1.54) is 0 Å². The molecule has 1 atom stereocenters. The third-order valence-electron chi connectivity index (χ3n) is 2.18. The number of nitrogens with zero attached hydrogens (tertiary/aromatic N) is 3. The predicted molar refractivity (Wildman–Crippen MR) is 61.6 cm³/mol. The van der Waals surface area contributed by atoms with Crippen LogP contribution in [0.3, 0.4) is 0 Å². The number of aromatic nitrogens is 2. The Hall–Kier alpha value is -1.52. The monoisotopic (exact) mass is 209 g/mol. The normalized spacial score (nSPS) is 13.9. The summed E-state index contributed by atoms with van der Waals surface area (Å²) in [5.41, 5.74) is 5.70. The summed E-state index contributed by atoms with van der Waals surface area (Å²) in [6.07, 6.45) is 4.70. The van der Waals surface area contributed by atoms with Crippen LogP contribution in [-0.4, -0.2) is 28.3 Å². The first-order chi connectivity index (χ1) is 7.22. The van der Waals surface area contributed by atoms with Crippen molar-refractivity contribution in [2.75, 3.05) is 6.54 Å². The lowest BCUT2D eigenvalue weighted by Crippen LogP contribution is -2.38. The molecule has 84 valence electrons. The fraction of sp³-hybridized carbons (Fsp3) is 0.600. The zero-order valence-corrected chi connectivity index (χ0v) is 9.35. The Labute approximate surface area is 90.4 Å². The Balaban J connectivity index is 2.25. The first-order valence-corrected chi connectivity index (χ1v) is 5.26. The second kappa shape index (κ2) is 6.06. The van der Waals surface area contributed by atoms with Crippen LogP contribution in [0.2, 0.25) is 0 Å². The zero-order valence-electron chi connectivity index (χ0n) is 9.35. The molecule has 0 fully saturated rings. The maximum absolute atomic E-state index is 5.70. The molecule has 1 heterocycles. The van der Waals surface area contributed by atoms with Gasteiger partial charge >= 0.3 is 0 Å². The number of aliphatic imine (C=N–C) groups is 1. The minimum Gasteiger partial charge on any atom is -0.370 e. The van der Waals surface area contributed by atoms with Crippen molar-refractivity contribution >= 4 is 5.96 Å². The van der Waals surface area contributed by atoms with E-state index in [1.807, 2.05) is 16.9 Å². The molecule has 15 heavy (non-hydrogen) atoms. The lowest BCUT2D eigenvalue weighted by Gasteiger charge is -2.11. The smallest absolute Gasteiger partial charge is 0.188 e. The van der Waals surface area contributed by atoms with Gasteiger partial charge in [0, 0.05) is 18.4 Å². The number of nitrogens with two attached hydrogens (primary N) is 1. The van der Waals surface area contributed by atoms with Gasteiger partial charge in [0.1, 0.15) is 0 Å². The Kier molecular flexibility index (Phi) is 4.66. The van der Waals surface area contributed by atoms with Crippen LogP contribution in [0.1, 0.15) is 20.3 Å². The van der Waals surface area contributed by atoms with Gasteiger partial charge in [-0.3, -0.25) is 9.67 Å². The molecule has 1 aromatic rings. The maximum atomic E-state index is 5.70. The van der Waals surface area contributed by atoms with Crippen molar-refractivity contribution in [3.05, 3.63) is 18.5 Å². The van der Waals surface area contributed by atoms with Gasteiger partial charge in [0.2, 0.25) is 0 Å². The van der Waals surface area contributed by atoms with Gasteiger partial charge < -0.3 is 11.1 Å². The third-order valence-corrected chi connectivity index (χ3v) is 2.18. The van der Waals surface area contributed by atoms with Crippen LogP contribution < -0.4 is 11.1 Å².